The third kappa shape index (κ3) is 2.75. The molecule has 1 N–H and O–H groups in total. The fourth-order valence-electron chi connectivity index (χ4n) is 4.24. The number of fused-ring (bicyclic) bond motifs is 3. The molecule has 2 bridgehead atoms. The minimum atomic E-state index is 0.0231. The van der Waals surface area contributed by atoms with Gasteiger partial charge in [-0.25, -0.2) is 4.68 Å². The van der Waals surface area contributed by atoms with E-state index in [2.05, 4.69) is 15.2 Å². The van der Waals surface area contributed by atoms with Crippen molar-refractivity contribution < 1.29 is 9.52 Å². The van der Waals surface area contributed by atoms with Crippen LogP contribution in [-0.4, -0.2) is 44.6 Å². The van der Waals surface area contributed by atoms with Gasteiger partial charge in [0.1, 0.15) is 11.5 Å². The molecule has 3 aliphatic heterocycles. The molecule has 2 aromatic heterocycles. The van der Waals surface area contributed by atoms with Crippen LogP contribution in [0.15, 0.2) is 47.0 Å². The predicted octanol–water partition coefficient (Wildman–Crippen LogP) is 2.96. The number of benzene rings is 1. The highest BCUT2D eigenvalue weighted by Crippen LogP contribution is 2.36. The molecule has 1 atom stereocenters. The van der Waals surface area contributed by atoms with Crippen molar-refractivity contribution in [1.82, 2.24) is 19.9 Å². The molecule has 3 aliphatic rings. The maximum absolute atomic E-state index is 9.31. The van der Waals surface area contributed by atoms with Gasteiger partial charge >= 0.3 is 0 Å². The minimum Gasteiger partial charge on any atom is -0.454 e. The minimum absolute atomic E-state index is 0.0231. The summed E-state index contributed by atoms with van der Waals surface area (Å²) in [5.74, 6) is 2.21. The lowest BCUT2D eigenvalue weighted by Gasteiger charge is -2.44. The fourth-order valence-corrected chi connectivity index (χ4v) is 4.24. The van der Waals surface area contributed by atoms with Gasteiger partial charge in [0, 0.05) is 12.1 Å². The quantitative estimate of drug-likeness (QED) is 0.783. The Morgan fingerprint density at radius 1 is 1.12 bits per heavy atom. The number of aliphatic hydroxyl groups is 1. The molecular weight excluding hydrogens is 328 g/mol. The van der Waals surface area contributed by atoms with Gasteiger partial charge in [0.05, 0.1) is 18.8 Å². The van der Waals surface area contributed by atoms with Crippen LogP contribution in [0.25, 0.3) is 22.8 Å². The zero-order chi connectivity index (χ0) is 17.5. The van der Waals surface area contributed by atoms with Crippen LogP contribution in [0.3, 0.4) is 0 Å². The molecule has 3 saturated heterocycles. The Kier molecular flexibility index (Phi) is 3.87. The number of hydrogen-bond donors (Lipinski definition) is 1. The fraction of sp³-hybridized carbons (Fsp3) is 0.400. The number of aromatic nitrogens is 3. The van der Waals surface area contributed by atoms with Gasteiger partial charge in [-0.3, -0.25) is 0 Å². The molecule has 0 spiro atoms. The van der Waals surface area contributed by atoms with Crippen molar-refractivity contribution in [2.75, 3.05) is 19.6 Å². The molecule has 134 valence electrons. The van der Waals surface area contributed by atoms with E-state index >= 15 is 0 Å². The van der Waals surface area contributed by atoms with Crippen LogP contribution in [0.2, 0.25) is 0 Å². The van der Waals surface area contributed by atoms with Crippen molar-refractivity contribution in [3.8, 4) is 22.8 Å². The van der Waals surface area contributed by atoms with E-state index in [0.717, 1.165) is 34.9 Å². The van der Waals surface area contributed by atoms with E-state index in [-0.39, 0.29) is 6.61 Å². The van der Waals surface area contributed by atoms with E-state index in [0.29, 0.717) is 12.0 Å². The topological polar surface area (TPSA) is 67.3 Å². The summed E-state index contributed by atoms with van der Waals surface area (Å²) >= 11 is 0. The Morgan fingerprint density at radius 2 is 1.96 bits per heavy atom. The third-order valence-electron chi connectivity index (χ3n) is 5.72. The number of aliphatic hydroxyl groups excluding tert-OH is 1. The summed E-state index contributed by atoms with van der Waals surface area (Å²) in [6.07, 6.45) is 4.52. The van der Waals surface area contributed by atoms with Crippen LogP contribution in [0, 0.1) is 5.92 Å². The molecule has 6 nitrogen and oxygen atoms in total. The zero-order valence-corrected chi connectivity index (χ0v) is 14.6. The van der Waals surface area contributed by atoms with Gasteiger partial charge in [-0.1, -0.05) is 23.4 Å². The second-order valence-corrected chi connectivity index (χ2v) is 7.31. The van der Waals surface area contributed by atoms with Crippen molar-refractivity contribution in [2.24, 2.45) is 5.92 Å². The molecule has 0 amide bonds. The van der Waals surface area contributed by atoms with Gasteiger partial charge < -0.3 is 14.4 Å². The van der Waals surface area contributed by atoms with E-state index in [1.165, 1.54) is 25.9 Å². The normalized spacial score (nSPS) is 24.9. The first-order valence-electron chi connectivity index (χ1n) is 9.25. The van der Waals surface area contributed by atoms with Crippen LogP contribution in [0.5, 0.6) is 0 Å². The van der Waals surface area contributed by atoms with Crippen molar-refractivity contribution in [2.45, 2.75) is 25.5 Å². The van der Waals surface area contributed by atoms with Gasteiger partial charge in [0.2, 0.25) is 0 Å². The first-order chi connectivity index (χ1) is 12.8. The highest BCUT2D eigenvalue weighted by atomic mass is 16.3. The molecule has 26 heavy (non-hydrogen) atoms. The smallest absolute Gasteiger partial charge is 0.156 e. The lowest BCUT2D eigenvalue weighted by molar-refractivity contribution is 0.0504. The first kappa shape index (κ1) is 15.8. The summed E-state index contributed by atoms with van der Waals surface area (Å²) < 4.78 is 8.04. The number of piperidine rings is 3. The summed E-state index contributed by atoms with van der Waals surface area (Å²) in [5, 5.41) is 18.0. The maximum atomic E-state index is 9.31. The van der Waals surface area contributed by atoms with Gasteiger partial charge in [-0.15, -0.1) is 5.10 Å². The maximum Gasteiger partial charge on any atom is 0.156 e. The van der Waals surface area contributed by atoms with E-state index in [4.69, 9.17) is 4.42 Å². The van der Waals surface area contributed by atoms with E-state index in [1.54, 1.807) is 0 Å². The molecule has 5 heterocycles. The van der Waals surface area contributed by atoms with Gasteiger partial charge in [0.15, 0.2) is 5.76 Å². The molecule has 6 rings (SSSR count). The lowest BCUT2D eigenvalue weighted by atomic mass is 9.84. The molecule has 6 heteroatoms. The molecule has 0 aliphatic carbocycles. The van der Waals surface area contributed by atoms with Crippen LogP contribution in [0.1, 0.15) is 24.4 Å². The van der Waals surface area contributed by atoms with E-state index in [1.807, 2.05) is 47.3 Å². The third-order valence-corrected chi connectivity index (χ3v) is 5.72. The summed E-state index contributed by atoms with van der Waals surface area (Å²) in [5.41, 5.74) is 2.59. The second kappa shape index (κ2) is 6.37. The Morgan fingerprint density at radius 3 is 2.73 bits per heavy atom. The first-order valence-corrected chi connectivity index (χ1v) is 9.25. The van der Waals surface area contributed by atoms with Crippen molar-refractivity contribution >= 4 is 0 Å². The molecule has 0 radical (unpaired) electrons. The van der Waals surface area contributed by atoms with Gasteiger partial charge in [-0.2, -0.15) is 0 Å². The number of furan rings is 1. The average molecular weight is 350 g/mol. The summed E-state index contributed by atoms with van der Waals surface area (Å²) in [6, 6.07) is 12.0. The molecule has 0 saturated carbocycles. The molecule has 0 unspecified atom stereocenters. The summed E-state index contributed by atoms with van der Waals surface area (Å²) in [7, 11) is 0. The lowest BCUT2D eigenvalue weighted by Crippen LogP contribution is -2.48. The Hall–Kier alpha value is -2.44. The van der Waals surface area contributed by atoms with E-state index in [9.17, 15) is 5.11 Å². The Balaban J connectivity index is 1.39. The van der Waals surface area contributed by atoms with Crippen molar-refractivity contribution in [1.29, 1.82) is 0 Å². The average Bonchev–Trinajstić information content (AvgIpc) is 3.38. The Bertz CT molecular complexity index is 908. The molecule has 1 aromatic carbocycles. The van der Waals surface area contributed by atoms with Crippen molar-refractivity contribution in [3.05, 3.63) is 48.2 Å². The molecule has 3 fully saturated rings. The number of rotatable bonds is 4. The number of nitrogens with zero attached hydrogens (tertiary/aromatic N) is 4. The SMILES string of the molecule is OCc1cccc(-c2ccc(-c3cn([C@H]4CN5CCC4CC5)nn3)o2)c1. The predicted molar refractivity (Wildman–Crippen MR) is 97.3 cm³/mol. The summed E-state index contributed by atoms with van der Waals surface area (Å²) in [4.78, 5) is 2.52. The van der Waals surface area contributed by atoms with Crippen molar-refractivity contribution in [3.63, 3.8) is 0 Å². The van der Waals surface area contributed by atoms with Gasteiger partial charge in [-0.05, 0) is 55.6 Å². The molecule has 3 aromatic rings. The monoisotopic (exact) mass is 350 g/mol. The van der Waals surface area contributed by atoms with Crippen LogP contribution in [-0.2, 0) is 6.61 Å². The van der Waals surface area contributed by atoms with Crippen LogP contribution in [0.4, 0.5) is 0 Å². The van der Waals surface area contributed by atoms with Gasteiger partial charge in [0.25, 0.3) is 0 Å². The van der Waals surface area contributed by atoms with Crippen LogP contribution < -0.4 is 0 Å². The van der Waals surface area contributed by atoms with Crippen LogP contribution >= 0.6 is 0 Å². The second-order valence-electron chi connectivity index (χ2n) is 7.31. The standard InChI is InChI=1S/C20H22N4O2/c25-13-14-2-1-3-16(10-14)19-4-5-20(26-19)17-11-24(22-21-17)18-12-23-8-6-15(18)7-9-23/h1-5,10-11,15,18,25H,6-9,12-13H2/t18-/m0/s1. The number of hydrogen-bond acceptors (Lipinski definition) is 5. The summed E-state index contributed by atoms with van der Waals surface area (Å²) in [6.45, 7) is 3.54. The Labute approximate surface area is 152 Å². The van der Waals surface area contributed by atoms with E-state index < -0.39 is 0 Å². The largest absolute Gasteiger partial charge is 0.454 e. The molecular formula is C20H22N4O2. The highest BCUT2D eigenvalue weighted by Gasteiger charge is 2.35. The zero-order valence-electron chi connectivity index (χ0n) is 14.6. The highest BCUT2D eigenvalue weighted by molar-refractivity contribution is 5.63.